The Kier molecular flexibility index (Phi) is 8.23. The standard InChI is InChI=1S/C22H24N4O5S2/c1-5-6-15-9-14(11-32-15)19-24-25-22(26(19)2)33-12-18(27)23-17-10-13(20(28)30-3)7-8-16(17)21(29)31-4/h7-11H,5-6,12H2,1-4H3,(H,23,27). The molecule has 1 amide bonds. The van der Waals surface area contributed by atoms with Gasteiger partial charge in [-0.15, -0.1) is 21.5 Å². The fourth-order valence-corrected chi connectivity index (χ4v) is 4.74. The summed E-state index contributed by atoms with van der Waals surface area (Å²) in [6.45, 7) is 2.14. The van der Waals surface area contributed by atoms with Crippen molar-refractivity contribution >= 4 is 46.6 Å². The first-order valence-electron chi connectivity index (χ1n) is 10.1. The molecule has 11 heteroatoms. The first-order chi connectivity index (χ1) is 15.9. The molecular weight excluding hydrogens is 464 g/mol. The molecule has 0 aliphatic carbocycles. The van der Waals surface area contributed by atoms with Gasteiger partial charge in [-0.1, -0.05) is 25.1 Å². The van der Waals surface area contributed by atoms with Gasteiger partial charge in [0.15, 0.2) is 11.0 Å². The van der Waals surface area contributed by atoms with E-state index < -0.39 is 11.9 Å². The molecule has 0 atom stereocenters. The van der Waals surface area contributed by atoms with E-state index in [4.69, 9.17) is 9.47 Å². The van der Waals surface area contributed by atoms with E-state index >= 15 is 0 Å². The highest BCUT2D eigenvalue weighted by Crippen LogP contribution is 2.28. The normalized spacial score (nSPS) is 10.7. The predicted octanol–water partition coefficient (Wildman–Crippen LogP) is 3.80. The molecule has 0 fully saturated rings. The summed E-state index contributed by atoms with van der Waals surface area (Å²) in [5.41, 5.74) is 1.49. The highest BCUT2D eigenvalue weighted by molar-refractivity contribution is 7.99. The Morgan fingerprint density at radius 2 is 1.88 bits per heavy atom. The Balaban J connectivity index is 1.71. The molecule has 1 N–H and O–H groups in total. The molecular formula is C22H24N4O5S2. The van der Waals surface area contributed by atoms with Crippen molar-refractivity contribution in [3.8, 4) is 11.4 Å². The van der Waals surface area contributed by atoms with E-state index in [2.05, 4.69) is 33.9 Å². The van der Waals surface area contributed by atoms with Crippen molar-refractivity contribution in [3.63, 3.8) is 0 Å². The number of benzene rings is 1. The summed E-state index contributed by atoms with van der Waals surface area (Å²) in [5, 5.41) is 13.8. The maximum Gasteiger partial charge on any atom is 0.339 e. The summed E-state index contributed by atoms with van der Waals surface area (Å²) in [6.07, 6.45) is 2.10. The number of carbonyl (C=O) groups is 3. The molecule has 0 radical (unpaired) electrons. The monoisotopic (exact) mass is 488 g/mol. The SMILES string of the molecule is CCCc1cc(-c2nnc(SCC(=O)Nc3cc(C(=O)OC)ccc3C(=O)OC)n2C)cs1. The quantitative estimate of drug-likeness (QED) is 0.358. The number of aryl methyl sites for hydroxylation is 1. The minimum atomic E-state index is -0.634. The van der Waals surface area contributed by atoms with Crippen molar-refractivity contribution in [2.45, 2.75) is 24.9 Å². The van der Waals surface area contributed by atoms with Gasteiger partial charge in [-0.2, -0.15) is 0 Å². The fraction of sp³-hybridized carbons (Fsp3) is 0.318. The smallest absolute Gasteiger partial charge is 0.339 e. The molecule has 0 unspecified atom stereocenters. The number of rotatable bonds is 9. The maximum atomic E-state index is 12.6. The molecule has 0 saturated heterocycles. The van der Waals surface area contributed by atoms with E-state index in [0.717, 1.165) is 24.2 Å². The van der Waals surface area contributed by atoms with Crippen LogP contribution in [0, 0.1) is 0 Å². The summed E-state index contributed by atoms with van der Waals surface area (Å²) in [7, 11) is 4.34. The average molecular weight is 489 g/mol. The first kappa shape index (κ1) is 24.5. The van der Waals surface area contributed by atoms with Gasteiger partial charge in [-0.05, 0) is 30.7 Å². The van der Waals surface area contributed by atoms with E-state index in [9.17, 15) is 14.4 Å². The zero-order valence-corrected chi connectivity index (χ0v) is 20.3. The van der Waals surface area contributed by atoms with Crippen LogP contribution in [0.5, 0.6) is 0 Å². The van der Waals surface area contributed by atoms with Crippen LogP contribution in [0.3, 0.4) is 0 Å². The zero-order valence-electron chi connectivity index (χ0n) is 18.7. The number of anilines is 1. The Labute approximate surface area is 199 Å². The largest absolute Gasteiger partial charge is 0.465 e. The van der Waals surface area contributed by atoms with Gasteiger partial charge in [-0.3, -0.25) is 4.79 Å². The topological polar surface area (TPSA) is 112 Å². The number of ether oxygens (including phenoxy) is 2. The Morgan fingerprint density at radius 3 is 2.58 bits per heavy atom. The van der Waals surface area contributed by atoms with Crippen molar-refractivity contribution < 1.29 is 23.9 Å². The zero-order chi connectivity index (χ0) is 24.0. The number of thioether (sulfide) groups is 1. The van der Waals surface area contributed by atoms with Crippen molar-refractivity contribution in [1.29, 1.82) is 0 Å². The molecule has 0 bridgehead atoms. The van der Waals surface area contributed by atoms with E-state index in [1.165, 1.54) is 49.1 Å². The van der Waals surface area contributed by atoms with Crippen molar-refractivity contribution in [2.24, 2.45) is 7.05 Å². The predicted molar refractivity (Wildman–Crippen MR) is 127 cm³/mol. The minimum Gasteiger partial charge on any atom is -0.465 e. The number of aromatic nitrogens is 3. The number of nitrogens with zero attached hydrogens (tertiary/aromatic N) is 3. The average Bonchev–Trinajstić information content (AvgIpc) is 3.43. The Hall–Kier alpha value is -3.18. The van der Waals surface area contributed by atoms with Crippen LogP contribution in [0.25, 0.3) is 11.4 Å². The van der Waals surface area contributed by atoms with Crippen LogP contribution < -0.4 is 5.32 Å². The van der Waals surface area contributed by atoms with E-state index in [1.807, 2.05) is 11.6 Å². The highest BCUT2D eigenvalue weighted by atomic mass is 32.2. The van der Waals surface area contributed by atoms with Crippen molar-refractivity contribution in [2.75, 3.05) is 25.3 Å². The van der Waals surface area contributed by atoms with E-state index in [1.54, 1.807) is 11.3 Å². The van der Waals surface area contributed by atoms with E-state index in [0.29, 0.717) is 5.16 Å². The number of carbonyl (C=O) groups excluding carboxylic acids is 3. The van der Waals surface area contributed by atoms with Crippen LogP contribution in [0.4, 0.5) is 5.69 Å². The molecule has 0 spiro atoms. The lowest BCUT2D eigenvalue weighted by Crippen LogP contribution is -2.18. The summed E-state index contributed by atoms with van der Waals surface area (Å²) >= 11 is 2.91. The Morgan fingerprint density at radius 1 is 1.12 bits per heavy atom. The van der Waals surface area contributed by atoms with Gasteiger partial charge in [-0.25, -0.2) is 9.59 Å². The molecule has 1 aromatic carbocycles. The van der Waals surface area contributed by atoms with Crippen LogP contribution in [0.2, 0.25) is 0 Å². The number of thiophene rings is 1. The molecule has 0 aliphatic heterocycles. The second kappa shape index (κ2) is 11.1. The third-order valence-electron chi connectivity index (χ3n) is 4.70. The van der Waals surface area contributed by atoms with Gasteiger partial charge in [0.2, 0.25) is 5.91 Å². The van der Waals surface area contributed by atoms with Crippen LogP contribution >= 0.6 is 23.1 Å². The number of esters is 2. The number of hydrogen-bond acceptors (Lipinski definition) is 9. The third-order valence-corrected chi connectivity index (χ3v) is 6.71. The first-order valence-corrected chi connectivity index (χ1v) is 11.9. The van der Waals surface area contributed by atoms with Crippen LogP contribution in [-0.4, -0.2) is 52.6 Å². The highest BCUT2D eigenvalue weighted by Gasteiger charge is 2.19. The van der Waals surface area contributed by atoms with Gasteiger partial charge in [0.05, 0.1) is 36.8 Å². The van der Waals surface area contributed by atoms with Gasteiger partial charge in [0.25, 0.3) is 0 Å². The Bertz CT molecular complexity index is 1170. The van der Waals surface area contributed by atoms with Crippen molar-refractivity contribution in [1.82, 2.24) is 14.8 Å². The lowest BCUT2D eigenvalue weighted by Gasteiger charge is -2.11. The molecule has 3 aromatic rings. The molecule has 3 rings (SSSR count). The number of nitrogens with one attached hydrogen (secondary N) is 1. The molecule has 2 aromatic heterocycles. The van der Waals surface area contributed by atoms with Crippen LogP contribution in [0.15, 0.2) is 34.8 Å². The minimum absolute atomic E-state index is 0.0275. The van der Waals surface area contributed by atoms with Gasteiger partial charge >= 0.3 is 11.9 Å². The fourth-order valence-electron chi connectivity index (χ4n) is 3.06. The molecule has 33 heavy (non-hydrogen) atoms. The molecule has 0 saturated carbocycles. The summed E-state index contributed by atoms with van der Waals surface area (Å²) < 4.78 is 11.3. The summed E-state index contributed by atoms with van der Waals surface area (Å²) in [5.74, 6) is -0.837. The maximum absolute atomic E-state index is 12.6. The van der Waals surface area contributed by atoms with Crippen molar-refractivity contribution in [3.05, 3.63) is 45.6 Å². The molecule has 2 heterocycles. The van der Waals surface area contributed by atoms with Crippen LogP contribution in [0.1, 0.15) is 38.9 Å². The van der Waals surface area contributed by atoms with E-state index in [-0.39, 0.29) is 28.5 Å². The molecule has 0 aliphatic rings. The third kappa shape index (κ3) is 5.79. The number of amides is 1. The van der Waals surface area contributed by atoms with Gasteiger partial charge in [0, 0.05) is 22.9 Å². The second-order valence-corrected chi connectivity index (χ2v) is 8.94. The summed E-state index contributed by atoms with van der Waals surface area (Å²) in [4.78, 5) is 37.8. The number of methoxy groups -OCH3 is 2. The van der Waals surface area contributed by atoms with Crippen LogP contribution in [-0.2, 0) is 27.7 Å². The lowest BCUT2D eigenvalue weighted by atomic mass is 10.1. The summed E-state index contributed by atoms with van der Waals surface area (Å²) in [6, 6.07) is 6.33. The second-order valence-electron chi connectivity index (χ2n) is 7.00. The lowest BCUT2D eigenvalue weighted by molar-refractivity contribution is -0.113. The molecule has 9 nitrogen and oxygen atoms in total. The van der Waals surface area contributed by atoms with Gasteiger partial charge < -0.3 is 19.4 Å². The number of hydrogen-bond donors (Lipinski definition) is 1. The molecule has 174 valence electrons. The van der Waals surface area contributed by atoms with Gasteiger partial charge in [0.1, 0.15) is 0 Å².